The van der Waals surface area contributed by atoms with Crippen molar-refractivity contribution in [2.75, 3.05) is 18.0 Å². The van der Waals surface area contributed by atoms with Crippen molar-refractivity contribution in [3.8, 4) is 0 Å². The zero-order valence-electron chi connectivity index (χ0n) is 14.6. The molecule has 0 spiro atoms. The van der Waals surface area contributed by atoms with Crippen LogP contribution in [0.5, 0.6) is 0 Å². The summed E-state index contributed by atoms with van der Waals surface area (Å²) < 4.78 is 0. The van der Waals surface area contributed by atoms with Crippen LogP contribution in [-0.2, 0) is 4.79 Å². The lowest BCUT2D eigenvalue weighted by atomic mass is 10.1. The summed E-state index contributed by atoms with van der Waals surface area (Å²) in [7, 11) is 0. The molecule has 0 aliphatic heterocycles. The lowest BCUT2D eigenvalue weighted by Gasteiger charge is -2.38. The van der Waals surface area contributed by atoms with Crippen molar-refractivity contribution in [2.45, 2.75) is 65.0 Å². The Balaban J connectivity index is 2.32. The van der Waals surface area contributed by atoms with Crippen LogP contribution in [0.15, 0.2) is 24.3 Å². The summed E-state index contributed by atoms with van der Waals surface area (Å²) >= 11 is 6.03. The first kappa shape index (κ1) is 18.3. The number of amides is 1. The summed E-state index contributed by atoms with van der Waals surface area (Å²) in [5, 5.41) is 0.711. The molecule has 1 aromatic rings. The second-order valence-electron chi connectivity index (χ2n) is 6.28. The van der Waals surface area contributed by atoms with Crippen LogP contribution in [0.1, 0.15) is 52.9 Å². The number of carbonyl (C=O) groups excluding carboxylic acids is 1. The number of nitrogens with zero attached hydrogens (tertiary/aromatic N) is 2. The van der Waals surface area contributed by atoms with Crippen molar-refractivity contribution in [1.29, 1.82) is 0 Å². The topological polar surface area (TPSA) is 23.6 Å². The Morgan fingerprint density at radius 2 is 1.70 bits per heavy atom. The van der Waals surface area contributed by atoms with Gasteiger partial charge in [-0.25, -0.2) is 0 Å². The summed E-state index contributed by atoms with van der Waals surface area (Å²) in [4.78, 5) is 17.4. The Morgan fingerprint density at radius 1 is 1.09 bits per heavy atom. The van der Waals surface area contributed by atoms with Gasteiger partial charge in [-0.2, -0.15) is 0 Å². The van der Waals surface area contributed by atoms with Crippen molar-refractivity contribution < 1.29 is 4.79 Å². The molecule has 1 aliphatic rings. The van der Waals surface area contributed by atoms with E-state index in [-0.39, 0.29) is 11.9 Å². The number of anilines is 1. The average Bonchev–Trinajstić information content (AvgIpc) is 3.00. The van der Waals surface area contributed by atoms with Crippen molar-refractivity contribution >= 4 is 23.2 Å². The van der Waals surface area contributed by atoms with Crippen molar-refractivity contribution in [3.63, 3.8) is 0 Å². The van der Waals surface area contributed by atoms with E-state index in [9.17, 15) is 4.79 Å². The van der Waals surface area contributed by atoms with E-state index in [1.807, 2.05) is 24.3 Å². The van der Waals surface area contributed by atoms with Crippen LogP contribution in [0.3, 0.4) is 0 Å². The lowest BCUT2D eigenvalue weighted by Crippen LogP contribution is -2.51. The van der Waals surface area contributed by atoms with Crippen molar-refractivity contribution in [2.24, 2.45) is 0 Å². The molecule has 2 rings (SSSR count). The lowest BCUT2D eigenvalue weighted by molar-refractivity contribution is -0.119. The normalized spacial score (nSPS) is 20.9. The number of halogens is 1. The molecule has 128 valence electrons. The monoisotopic (exact) mass is 336 g/mol. The summed E-state index contributed by atoms with van der Waals surface area (Å²) in [5.74, 6) is 0.235. The Kier molecular flexibility index (Phi) is 6.91. The van der Waals surface area contributed by atoms with Gasteiger partial charge in [-0.15, -0.1) is 0 Å². The van der Waals surface area contributed by atoms with E-state index in [4.69, 9.17) is 11.6 Å². The van der Waals surface area contributed by atoms with E-state index in [0.717, 1.165) is 31.6 Å². The highest BCUT2D eigenvalue weighted by atomic mass is 35.5. The fourth-order valence-electron chi connectivity index (χ4n) is 3.80. The largest absolute Gasteiger partial charge is 0.308 e. The van der Waals surface area contributed by atoms with E-state index in [0.29, 0.717) is 17.5 Å². The summed E-state index contributed by atoms with van der Waals surface area (Å²) in [5.41, 5.74) is 0.983. The van der Waals surface area contributed by atoms with Crippen LogP contribution < -0.4 is 4.90 Å². The van der Waals surface area contributed by atoms with Crippen LogP contribution >= 0.6 is 11.6 Å². The quantitative estimate of drug-likeness (QED) is 0.718. The Bertz CT molecular complexity index is 499. The van der Waals surface area contributed by atoms with E-state index in [1.54, 1.807) is 0 Å². The molecular weight excluding hydrogens is 308 g/mol. The third-order valence-electron chi connectivity index (χ3n) is 4.89. The van der Waals surface area contributed by atoms with Crippen LogP contribution in [0, 0.1) is 0 Å². The minimum atomic E-state index is 0.235. The molecule has 0 radical (unpaired) electrons. The number of rotatable bonds is 7. The fraction of sp³-hybridized carbons (Fsp3) is 0.632. The molecule has 23 heavy (non-hydrogen) atoms. The van der Waals surface area contributed by atoms with Gasteiger partial charge in [0.25, 0.3) is 0 Å². The standard InChI is InChI=1S/C19H29ClN2O/c1-4-8-19(23)22(16-13-11-15(20)12-14-16)18-10-7-9-17(18)21(5-2)6-3/h11-14,17-18H,4-10H2,1-3H3. The zero-order valence-corrected chi connectivity index (χ0v) is 15.4. The smallest absolute Gasteiger partial charge is 0.227 e. The van der Waals surface area contributed by atoms with Gasteiger partial charge in [-0.1, -0.05) is 32.4 Å². The SMILES string of the molecule is CCCC(=O)N(c1ccc(Cl)cc1)C1CCCC1N(CC)CC. The molecule has 4 heteroatoms. The molecule has 1 aromatic carbocycles. The van der Waals surface area contributed by atoms with E-state index in [2.05, 4.69) is 30.6 Å². The molecular formula is C19H29ClN2O. The Labute approximate surface area is 145 Å². The summed E-state index contributed by atoms with van der Waals surface area (Å²) in [6.07, 6.45) is 4.93. The average molecular weight is 337 g/mol. The minimum absolute atomic E-state index is 0.235. The molecule has 1 amide bonds. The number of carbonyl (C=O) groups is 1. The van der Waals surface area contributed by atoms with Gasteiger partial charge in [0.1, 0.15) is 0 Å². The van der Waals surface area contributed by atoms with Crippen LogP contribution in [-0.4, -0.2) is 36.0 Å². The number of hydrogen-bond donors (Lipinski definition) is 0. The highest BCUT2D eigenvalue weighted by Gasteiger charge is 2.37. The maximum atomic E-state index is 12.8. The van der Waals surface area contributed by atoms with Crippen LogP contribution in [0.2, 0.25) is 5.02 Å². The highest BCUT2D eigenvalue weighted by molar-refractivity contribution is 6.30. The molecule has 1 aliphatic carbocycles. The molecule has 0 heterocycles. The molecule has 0 saturated heterocycles. The van der Waals surface area contributed by atoms with E-state index in [1.165, 1.54) is 12.8 Å². The Morgan fingerprint density at radius 3 is 2.26 bits per heavy atom. The first-order chi connectivity index (χ1) is 11.1. The second-order valence-corrected chi connectivity index (χ2v) is 6.71. The van der Waals surface area contributed by atoms with Gasteiger partial charge in [0.05, 0.1) is 6.04 Å². The molecule has 2 atom stereocenters. The Hall–Kier alpha value is -1.06. The van der Waals surface area contributed by atoms with Crippen LogP contribution in [0.4, 0.5) is 5.69 Å². The van der Waals surface area contributed by atoms with Crippen LogP contribution in [0.25, 0.3) is 0 Å². The second kappa shape index (κ2) is 8.70. The maximum absolute atomic E-state index is 12.8. The minimum Gasteiger partial charge on any atom is -0.308 e. The molecule has 0 bridgehead atoms. The zero-order chi connectivity index (χ0) is 16.8. The first-order valence-corrected chi connectivity index (χ1v) is 9.31. The van der Waals surface area contributed by atoms with Gasteiger partial charge in [0.2, 0.25) is 5.91 Å². The number of benzene rings is 1. The number of likely N-dealkylation sites (N-methyl/N-ethyl adjacent to an activating group) is 1. The fourth-order valence-corrected chi connectivity index (χ4v) is 3.92. The van der Waals surface area contributed by atoms with Gasteiger partial charge in [0, 0.05) is 23.2 Å². The van der Waals surface area contributed by atoms with E-state index < -0.39 is 0 Å². The molecule has 2 unspecified atom stereocenters. The van der Waals surface area contributed by atoms with Gasteiger partial charge in [-0.3, -0.25) is 9.69 Å². The highest BCUT2D eigenvalue weighted by Crippen LogP contribution is 2.33. The number of hydrogen-bond acceptors (Lipinski definition) is 2. The van der Waals surface area contributed by atoms with E-state index >= 15 is 0 Å². The maximum Gasteiger partial charge on any atom is 0.227 e. The van der Waals surface area contributed by atoms with Gasteiger partial charge in [0.15, 0.2) is 0 Å². The molecule has 1 saturated carbocycles. The summed E-state index contributed by atoms with van der Waals surface area (Å²) in [6.45, 7) is 8.55. The molecule has 0 N–H and O–H groups in total. The van der Waals surface area contributed by atoms with Crippen molar-refractivity contribution in [1.82, 2.24) is 4.90 Å². The third kappa shape index (κ3) is 4.27. The predicted molar refractivity (Wildman–Crippen MR) is 98.2 cm³/mol. The first-order valence-electron chi connectivity index (χ1n) is 8.94. The van der Waals surface area contributed by atoms with Gasteiger partial charge < -0.3 is 4.90 Å². The molecule has 1 fully saturated rings. The molecule has 0 aromatic heterocycles. The molecule has 3 nitrogen and oxygen atoms in total. The van der Waals surface area contributed by atoms with Gasteiger partial charge in [-0.05, 0) is 63.0 Å². The summed E-state index contributed by atoms with van der Waals surface area (Å²) in [6, 6.07) is 8.45. The third-order valence-corrected chi connectivity index (χ3v) is 5.15. The predicted octanol–water partition coefficient (Wildman–Crippen LogP) is 4.74. The van der Waals surface area contributed by atoms with Gasteiger partial charge >= 0.3 is 0 Å². The van der Waals surface area contributed by atoms with Crippen molar-refractivity contribution in [3.05, 3.63) is 29.3 Å².